The fraction of sp³-hybridized carbons (Fsp3) is 0.286. The van der Waals surface area contributed by atoms with Gasteiger partial charge < -0.3 is 14.8 Å². The van der Waals surface area contributed by atoms with Crippen LogP contribution in [0.5, 0.6) is 11.5 Å². The summed E-state index contributed by atoms with van der Waals surface area (Å²) in [5.41, 5.74) is 3.93. The van der Waals surface area contributed by atoms with Crippen LogP contribution in [0.1, 0.15) is 30.1 Å². The standard InChI is InChI=1S/C21H21NO3S/c1-24-17-11-5-7-13(20(17)25-2)21-19-15(9-6-10-16(19)23)22-14-8-3-4-12-18(14)26-21/h3-5,7-8,11-12,21-22H,6,9-10H2,1-2H3/t21-/m0/s1. The fourth-order valence-electron chi connectivity index (χ4n) is 3.66. The van der Waals surface area contributed by atoms with E-state index in [-0.39, 0.29) is 11.0 Å². The van der Waals surface area contributed by atoms with Crippen molar-refractivity contribution in [1.82, 2.24) is 0 Å². The predicted molar refractivity (Wildman–Crippen MR) is 104 cm³/mol. The van der Waals surface area contributed by atoms with E-state index in [9.17, 15) is 4.79 Å². The third-order valence-corrected chi connectivity index (χ3v) is 6.19. The Morgan fingerprint density at radius 1 is 1.04 bits per heavy atom. The number of benzene rings is 2. The monoisotopic (exact) mass is 367 g/mol. The number of fused-ring (bicyclic) bond motifs is 1. The van der Waals surface area contributed by atoms with Gasteiger partial charge in [-0.25, -0.2) is 0 Å². The summed E-state index contributed by atoms with van der Waals surface area (Å²) in [5.74, 6) is 1.59. The summed E-state index contributed by atoms with van der Waals surface area (Å²) < 4.78 is 11.2. The number of hydrogen-bond donors (Lipinski definition) is 1. The van der Waals surface area contributed by atoms with Gasteiger partial charge in [-0.05, 0) is 31.0 Å². The summed E-state index contributed by atoms with van der Waals surface area (Å²) in [7, 11) is 3.28. The van der Waals surface area contributed by atoms with Gasteiger partial charge in [0.1, 0.15) is 0 Å². The molecule has 0 radical (unpaired) electrons. The maximum Gasteiger partial charge on any atom is 0.165 e. The first-order valence-corrected chi connectivity index (χ1v) is 9.60. The lowest BCUT2D eigenvalue weighted by Crippen LogP contribution is -2.19. The van der Waals surface area contributed by atoms with E-state index in [1.165, 1.54) is 0 Å². The van der Waals surface area contributed by atoms with Crippen LogP contribution in [-0.2, 0) is 4.79 Å². The zero-order valence-electron chi connectivity index (χ0n) is 14.9. The molecular weight excluding hydrogens is 346 g/mol. The highest BCUT2D eigenvalue weighted by Gasteiger charge is 2.34. The van der Waals surface area contributed by atoms with Gasteiger partial charge in [-0.3, -0.25) is 4.79 Å². The molecule has 4 rings (SSSR count). The molecule has 0 spiro atoms. The van der Waals surface area contributed by atoms with Crippen molar-refractivity contribution in [2.45, 2.75) is 29.4 Å². The number of carbonyl (C=O) groups is 1. The van der Waals surface area contributed by atoms with Crippen LogP contribution in [0, 0.1) is 0 Å². The number of methoxy groups -OCH3 is 2. The Hall–Kier alpha value is -2.40. The number of thioether (sulfide) groups is 1. The molecule has 4 nitrogen and oxygen atoms in total. The minimum absolute atomic E-state index is 0.126. The highest BCUT2D eigenvalue weighted by molar-refractivity contribution is 8.00. The number of allylic oxidation sites excluding steroid dienone is 1. The van der Waals surface area contributed by atoms with Crippen LogP contribution in [0.3, 0.4) is 0 Å². The van der Waals surface area contributed by atoms with Gasteiger partial charge in [0.25, 0.3) is 0 Å². The smallest absolute Gasteiger partial charge is 0.165 e. The summed E-state index contributed by atoms with van der Waals surface area (Å²) in [6, 6.07) is 14.1. The molecule has 0 aromatic heterocycles. The molecule has 0 bridgehead atoms. The predicted octanol–water partition coefficient (Wildman–Crippen LogP) is 4.97. The van der Waals surface area contributed by atoms with E-state index in [0.29, 0.717) is 17.9 Å². The SMILES string of the molecule is COc1cccc([C@@H]2Sc3ccccc3NC3=C2C(=O)CCC3)c1OC. The van der Waals surface area contributed by atoms with Gasteiger partial charge in [0.2, 0.25) is 0 Å². The summed E-state index contributed by atoms with van der Waals surface area (Å²) in [5, 5.41) is 3.40. The molecule has 26 heavy (non-hydrogen) atoms. The van der Waals surface area contributed by atoms with Gasteiger partial charge in [0.15, 0.2) is 17.3 Å². The molecule has 1 aliphatic heterocycles. The largest absolute Gasteiger partial charge is 0.493 e. The quantitative estimate of drug-likeness (QED) is 0.830. The second-order valence-electron chi connectivity index (χ2n) is 6.37. The molecule has 1 aliphatic carbocycles. The van der Waals surface area contributed by atoms with Gasteiger partial charge in [0, 0.05) is 28.1 Å². The Kier molecular flexibility index (Phi) is 4.64. The molecule has 1 heterocycles. The van der Waals surface area contributed by atoms with Crippen molar-refractivity contribution in [3.05, 3.63) is 59.3 Å². The Balaban J connectivity index is 1.92. The van der Waals surface area contributed by atoms with Crippen molar-refractivity contribution in [2.24, 2.45) is 0 Å². The van der Waals surface area contributed by atoms with Crippen molar-refractivity contribution in [3.8, 4) is 11.5 Å². The fourth-order valence-corrected chi connectivity index (χ4v) is 5.02. The van der Waals surface area contributed by atoms with E-state index in [1.54, 1.807) is 26.0 Å². The first-order chi connectivity index (χ1) is 12.7. The minimum atomic E-state index is -0.126. The van der Waals surface area contributed by atoms with E-state index >= 15 is 0 Å². The van der Waals surface area contributed by atoms with E-state index in [2.05, 4.69) is 17.4 Å². The van der Waals surface area contributed by atoms with E-state index in [4.69, 9.17) is 9.47 Å². The average molecular weight is 367 g/mol. The highest BCUT2D eigenvalue weighted by atomic mass is 32.2. The number of hydrogen-bond acceptors (Lipinski definition) is 5. The van der Waals surface area contributed by atoms with Crippen LogP contribution >= 0.6 is 11.8 Å². The zero-order chi connectivity index (χ0) is 18.1. The van der Waals surface area contributed by atoms with Crippen LogP contribution in [0.2, 0.25) is 0 Å². The number of nitrogens with one attached hydrogen (secondary N) is 1. The van der Waals surface area contributed by atoms with Crippen molar-refractivity contribution < 1.29 is 14.3 Å². The number of Topliss-reactive ketones (excluding diaryl/α,β-unsaturated/α-hetero) is 1. The Labute approximate surface area is 157 Å². The maximum atomic E-state index is 12.9. The molecule has 134 valence electrons. The number of ether oxygens (including phenoxy) is 2. The number of anilines is 1. The average Bonchev–Trinajstić information content (AvgIpc) is 2.84. The molecular formula is C21H21NO3S. The summed E-state index contributed by atoms with van der Waals surface area (Å²) in [4.78, 5) is 14.0. The van der Waals surface area contributed by atoms with Crippen molar-refractivity contribution >= 4 is 23.2 Å². The molecule has 2 aliphatic rings. The molecule has 1 N–H and O–H groups in total. The molecule has 0 saturated carbocycles. The van der Waals surface area contributed by atoms with Crippen molar-refractivity contribution in [3.63, 3.8) is 0 Å². The molecule has 0 fully saturated rings. The van der Waals surface area contributed by atoms with Gasteiger partial charge in [-0.15, -0.1) is 11.8 Å². The third kappa shape index (κ3) is 2.86. The Bertz CT molecular complexity index is 891. The molecule has 0 saturated heterocycles. The third-order valence-electron chi connectivity index (χ3n) is 4.85. The minimum Gasteiger partial charge on any atom is -0.493 e. The second-order valence-corrected chi connectivity index (χ2v) is 7.52. The summed E-state index contributed by atoms with van der Waals surface area (Å²) in [6.45, 7) is 0. The lowest BCUT2D eigenvalue weighted by molar-refractivity contribution is -0.116. The van der Waals surface area contributed by atoms with Gasteiger partial charge in [-0.1, -0.05) is 24.3 Å². The van der Waals surface area contributed by atoms with Crippen LogP contribution in [0.15, 0.2) is 58.6 Å². The van der Waals surface area contributed by atoms with Crippen LogP contribution in [-0.4, -0.2) is 20.0 Å². The highest BCUT2D eigenvalue weighted by Crippen LogP contribution is 2.52. The maximum absolute atomic E-state index is 12.9. The molecule has 5 heteroatoms. The Morgan fingerprint density at radius 3 is 2.69 bits per heavy atom. The summed E-state index contributed by atoms with van der Waals surface area (Å²) in [6.07, 6.45) is 2.37. The zero-order valence-corrected chi connectivity index (χ0v) is 15.7. The lowest BCUT2D eigenvalue weighted by atomic mass is 9.89. The Morgan fingerprint density at radius 2 is 1.88 bits per heavy atom. The normalized spacial score (nSPS) is 19.2. The number of carbonyl (C=O) groups excluding carboxylic acids is 1. The van der Waals surface area contributed by atoms with Crippen LogP contribution < -0.4 is 14.8 Å². The molecule has 0 unspecified atom stereocenters. The summed E-state index contributed by atoms with van der Waals surface area (Å²) >= 11 is 1.69. The van der Waals surface area contributed by atoms with E-state index < -0.39 is 0 Å². The van der Waals surface area contributed by atoms with Gasteiger partial charge in [-0.2, -0.15) is 0 Å². The van der Waals surface area contributed by atoms with Crippen molar-refractivity contribution in [1.29, 1.82) is 0 Å². The van der Waals surface area contributed by atoms with E-state index in [1.807, 2.05) is 30.3 Å². The van der Waals surface area contributed by atoms with Crippen LogP contribution in [0.4, 0.5) is 5.69 Å². The first-order valence-electron chi connectivity index (χ1n) is 8.72. The first kappa shape index (κ1) is 17.0. The van der Waals surface area contributed by atoms with E-state index in [0.717, 1.165) is 40.3 Å². The number of para-hydroxylation sites is 2. The number of ketones is 1. The molecule has 0 amide bonds. The van der Waals surface area contributed by atoms with Crippen LogP contribution in [0.25, 0.3) is 0 Å². The lowest BCUT2D eigenvalue weighted by Gasteiger charge is -2.25. The van der Waals surface area contributed by atoms with Crippen molar-refractivity contribution in [2.75, 3.05) is 19.5 Å². The van der Waals surface area contributed by atoms with Gasteiger partial charge in [0.05, 0.1) is 25.2 Å². The number of rotatable bonds is 3. The molecule has 1 atom stereocenters. The topological polar surface area (TPSA) is 47.6 Å². The van der Waals surface area contributed by atoms with Gasteiger partial charge >= 0.3 is 0 Å². The molecule has 2 aromatic carbocycles. The molecule has 2 aromatic rings. The second kappa shape index (κ2) is 7.08.